The highest BCUT2D eigenvalue weighted by atomic mass is 16.5. The van der Waals surface area contributed by atoms with E-state index in [1.54, 1.807) is 7.11 Å². The maximum absolute atomic E-state index is 8.61. The van der Waals surface area contributed by atoms with Crippen LogP contribution in [0.25, 0.3) is 0 Å². The van der Waals surface area contributed by atoms with Gasteiger partial charge in [0, 0.05) is 39.6 Å². The molecule has 104 valence electrons. The lowest BCUT2D eigenvalue weighted by Crippen LogP contribution is -2.44. The summed E-state index contributed by atoms with van der Waals surface area (Å²) in [6.07, 6.45) is 3.86. The van der Waals surface area contributed by atoms with Crippen LogP contribution in [0.4, 0.5) is 0 Å². The average molecular weight is 257 g/mol. The van der Waals surface area contributed by atoms with E-state index < -0.39 is 0 Å². The van der Waals surface area contributed by atoms with Gasteiger partial charge in [0.1, 0.15) is 11.4 Å². The minimum absolute atomic E-state index is 0.174. The maximum Gasteiger partial charge on any atom is 0.139 e. The molecular formula is C12H23N3O3. The summed E-state index contributed by atoms with van der Waals surface area (Å²) in [7, 11) is 1.74. The second kappa shape index (κ2) is 5.42. The number of nitrogens with one attached hydrogen (secondary N) is 1. The van der Waals surface area contributed by atoms with Gasteiger partial charge < -0.3 is 25.7 Å². The third-order valence-electron chi connectivity index (χ3n) is 4.09. The van der Waals surface area contributed by atoms with Crippen molar-refractivity contribution in [2.45, 2.75) is 31.3 Å². The van der Waals surface area contributed by atoms with Crippen LogP contribution in [0.3, 0.4) is 0 Å². The molecule has 0 aromatic heterocycles. The van der Waals surface area contributed by atoms with Crippen molar-refractivity contribution in [3.8, 4) is 0 Å². The van der Waals surface area contributed by atoms with Gasteiger partial charge in [-0.3, -0.25) is 0 Å². The molecule has 0 radical (unpaired) electrons. The molecule has 4 N–H and O–H groups in total. The monoisotopic (exact) mass is 257 g/mol. The van der Waals surface area contributed by atoms with E-state index in [0.29, 0.717) is 18.9 Å². The molecule has 18 heavy (non-hydrogen) atoms. The molecule has 1 aliphatic heterocycles. The van der Waals surface area contributed by atoms with Gasteiger partial charge in [-0.05, 0) is 18.3 Å². The van der Waals surface area contributed by atoms with Crippen molar-refractivity contribution in [2.24, 2.45) is 16.3 Å². The Morgan fingerprint density at radius 2 is 2.22 bits per heavy atom. The van der Waals surface area contributed by atoms with Gasteiger partial charge >= 0.3 is 0 Å². The highest BCUT2D eigenvalue weighted by Gasteiger charge is 2.44. The quantitative estimate of drug-likeness (QED) is 0.264. The van der Waals surface area contributed by atoms with Crippen molar-refractivity contribution in [2.75, 3.05) is 33.4 Å². The highest BCUT2D eigenvalue weighted by molar-refractivity contribution is 5.80. The fourth-order valence-corrected chi connectivity index (χ4v) is 2.53. The first-order valence-electron chi connectivity index (χ1n) is 6.44. The number of hydrogen-bond acceptors (Lipinski definition) is 5. The van der Waals surface area contributed by atoms with Crippen molar-refractivity contribution >= 4 is 5.84 Å². The fourth-order valence-electron chi connectivity index (χ4n) is 2.53. The standard InChI is InChI=1S/C12H23N3O3/c1-17-12(4-5-18-9-12)8-14-7-11(2-3-11)6-10(13)15-16/h14,16H,2-9H2,1H3,(H2,13,15). The van der Waals surface area contributed by atoms with Crippen LogP contribution in [0.15, 0.2) is 5.16 Å². The Balaban J connectivity index is 1.75. The van der Waals surface area contributed by atoms with E-state index in [1.165, 1.54) is 0 Å². The molecule has 2 aliphatic rings. The molecule has 0 spiro atoms. The number of ether oxygens (including phenoxy) is 2. The Kier molecular flexibility index (Phi) is 4.09. The zero-order valence-corrected chi connectivity index (χ0v) is 10.9. The summed E-state index contributed by atoms with van der Waals surface area (Å²) < 4.78 is 11.0. The highest BCUT2D eigenvalue weighted by Crippen LogP contribution is 2.48. The van der Waals surface area contributed by atoms with Gasteiger partial charge in [-0.1, -0.05) is 5.16 Å². The molecule has 0 amide bonds. The topological polar surface area (TPSA) is 89.1 Å². The molecule has 6 heteroatoms. The number of amidine groups is 1. The number of oxime groups is 1. The normalized spacial score (nSPS) is 30.6. The van der Waals surface area contributed by atoms with Crippen LogP contribution in [0.2, 0.25) is 0 Å². The lowest BCUT2D eigenvalue weighted by Gasteiger charge is -2.27. The molecule has 1 heterocycles. The summed E-state index contributed by atoms with van der Waals surface area (Å²) in [5.74, 6) is 0.319. The number of methoxy groups -OCH3 is 1. The molecular weight excluding hydrogens is 234 g/mol. The number of nitrogens with zero attached hydrogens (tertiary/aromatic N) is 1. The molecule has 1 aliphatic carbocycles. The van der Waals surface area contributed by atoms with E-state index in [9.17, 15) is 0 Å². The van der Waals surface area contributed by atoms with Gasteiger partial charge in [0.2, 0.25) is 0 Å². The Morgan fingerprint density at radius 3 is 2.72 bits per heavy atom. The van der Waals surface area contributed by atoms with Crippen molar-refractivity contribution < 1.29 is 14.7 Å². The van der Waals surface area contributed by atoms with Crippen molar-refractivity contribution in [1.29, 1.82) is 0 Å². The Bertz CT molecular complexity index is 310. The molecule has 0 aromatic carbocycles. The molecule has 1 atom stereocenters. The summed E-state index contributed by atoms with van der Waals surface area (Å²) in [5, 5.41) is 15.1. The van der Waals surface area contributed by atoms with E-state index in [-0.39, 0.29) is 11.0 Å². The fraction of sp³-hybridized carbons (Fsp3) is 0.917. The van der Waals surface area contributed by atoms with Gasteiger partial charge in [0.25, 0.3) is 0 Å². The van der Waals surface area contributed by atoms with Crippen molar-refractivity contribution in [3.05, 3.63) is 0 Å². The molecule has 0 bridgehead atoms. The van der Waals surface area contributed by atoms with Gasteiger partial charge in [-0.25, -0.2) is 0 Å². The summed E-state index contributed by atoms with van der Waals surface area (Å²) in [4.78, 5) is 0. The minimum atomic E-state index is -0.174. The van der Waals surface area contributed by atoms with Crippen LogP contribution in [-0.2, 0) is 9.47 Å². The first-order chi connectivity index (χ1) is 8.64. The Hall–Kier alpha value is -0.850. The van der Waals surface area contributed by atoms with Crippen molar-refractivity contribution in [1.82, 2.24) is 5.32 Å². The summed E-state index contributed by atoms with van der Waals surface area (Å²) in [6.45, 7) is 3.10. The molecule has 1 saturated carbocycles. The zero-order valence-electron chi connectivity index (χ0n) is 10.9. The van der Waals surface area contributed by atoms with Gasteiger partial charge in [-0.2, -0.15) is 0 Å². The zero-order chi connectivity index (χ0) is 13.1. The van der Waals surface area contributed by atoms with Crippen LogP contribution in [0.5, 0.6) is 0 Å². The van der Waals surface area contributed by atoms with Crippen molar-refractivity contribution in [3.63, 3.8) is 0 Å². The SMILES string of the molecule is COC1(CNCC2(CC(N)=NO)CC2)CCOC1. The van der Waals surface area contributed by atoms with Gasteiger partial charge in [0.15, 0.2) is 0 Å². The van der Waals surface area contributed by atoms with Crippen LogP contribution in [0.1, 0.15) is 25.7 Å². The first-order valence-corrected chi connectivity index (χ1v) is 6.44. The Labute approximate surface area is 108 Å². The predicted octanol–water partition coefficient (Wildman–Crippen LogP) is 0.298. The molecule has 1 saturated heterocycles. The number of hydrogen-bond donors (Lipinski definition) is 3. The van der Waals surface area contributed by atoms with Crippen LogP contribution in [-0.4, -0.2) is 50.1 Å². The third kappa shape index (κ3) is 3.13. The number of nitrogens with two attached hydrogens (primary N) is 1. The van der Waals surface area contributed by atoms with Crippen LogP contribution >= 0.6 is 0 Å². The smallest absolute Gasteiger partial charge is 0.139 e. The van der Waals surface area contributed by atoms with E-state index in [0.717, 1.165) is 39.0 Å². The van der Waals surface area contributed by atoms with Gasteiger partial charge in [-0.15, -0.1) is 0 Å². The molecule has 2 fully saturated rings. The number of rotatable bonds is 7. The maximum atomic E-state index is 8.61. The van der Waals surface area contributed by atoms with E-state index in [1.807, 2.05) is 0 Å². The molecule has 0 aromatic rings. The molecule has 6 nitrogen and oxygen atoms in total. The summed E-state index contributed by atoms with van der Waals surface area (Å²) >= 11 is 0. The van der Waals surface area contributed by atoms with E-state index in [4.69, 9.17) is 20.4 Å². The largest absolute Gasteiger partial charge is 0.409 e. The summed E-state index contributed by atoms with van der Waals surface area (Å²) in [5.41, 5.74) is 5.58. The minimum Gasteiger partial charge on any atom is -0.409 e. The average Bonchev–Trinajstić information content (AvgIpc) is 2.96. The predicted molar refractivity (Wildman–Crippen MR) is 67.7 cm³/mol. The first kappa shape index (κ1) is 13.6. The lowest BCUT2D eigenvalue weighted by molar-refractivity contribution is -0.0163. The lowest BCUT2D eigenvalue weighted by atomic mass is 10.00. The van der Waals surface area contributed by atoms with Crippen LogP contribution in [0, 0.1) is 5.41 Å². The molecule has 1 unspecified atom stereocenters. The summed E-state index contributed by atoms with van der Waals surface area (Å²) in [6, 6.07) is 0. The molecule has 2 rings (SSSR count). The third-order valence-corrected chi connectivity index (χ3v) is 4.09. The van der Waals surface area contributed by atoms with E-state index in [2.05, 4.69) is 10.5 Å². The second-order valence-corrected chi connectivity index (χ2v) is 5.56. The van der Waals surface area contributed by atoms with E-state index >= 15 is 0 Å². The second-order valence-electron chi connectivity index (χ2n) is 5.56. The van der Waals surface area contributed by atoms with Crippen LogP contribution < -0.4 is 11.1 Å². The Morgan fingerprint density at radius 1 is 1.44 bits per heavy atom. The van der Waals surface area contributed by atoms with Gasteiger partial charge in [0.05, 0.1) is 6.61 Å².